The minimum absolute atomic E-state index is 0.0310. The van der Waals surface area contributed by atoms with Gasteiger partial charge in [-0.15, -0.1) is 11.3 Å². The van der Waals surface area contributed by atoms with Crippen LogP contribution < -0.4 is 14.8 Å². The zero-order valence-corrected chi connectivity index (χ0v) is 18.2. The number of methoxy groups -OCH3 is 1. The second-order valence-electron chi connectivity index (χ2n) is 6.43. The van der Waals surface area contributed by atoms with Crippen LogP contribution in [0, 0.1) is 0 Å². The third-order valence-electron chi connectivity index (χ3n) is 3.84. The van der Waals surface area contributed by atoms with E-state index in [9.17, 15) is 9.59 Å². The molecule has 0 saturated carbocycles. The molecule has 7 heteroatoms. The van der Waals surface area contributed by atoms with E-state index in [1.165, 1.54) is 17.4 Å². The number of rotatable bonds is 9. The maximum Gasteiger partial charge on any atom is 0.341 e. The van der Waals surface area contributed by atoms with Gasteiger partial charge in [0, 0.05) is 11.0 Å². The number of carbonyl (C=O) groups excluding carboxylic acids is 2. The van der Waals surface area contributed by atoms with Crippen LogP contribution in [-0.4, -0.2) is 31.7 Å². The molecule has 2 aromatic rings. The van der Waals surface area contributed by atoms with Gasteiger partial charge < -0.3 is 19.5 Å². The van der Waals surface area contributed by atoms with Gasteiger partial charge in [0.25, 0.3) is 0 Å². The zero-order chi connectivity index (χ0) is 21.4. The van der Waals surface area contributed by atoms with Crippen molar-refractivity contribution in [2.24, 2.45) is 0 Å². The average Bonchev–Trinajstić information content (AvgIpc) is 3.10. The van der Waals surface area contributed by atoms with Gasteiger partial charge in [0.05, 0.1) is 25.4 Å². The smallest absolute Gasteiger partial charge is 0.341 e. The molecule has 6 nitrogen and oxygen atoms in total. The molecule has 0 unspecified atom stereocenters. The Hall–Kier alpha value is -2.80. The van der Waals surface area contributed by atoms with Crippen LogP contribution >= 0.6 is 11.3 Å². The molecule has 1 aromatic heterocycles. The molecule has 0 saturated heterocycles. The third kappa shape index (κ3) is 6.35. The van der Waals surface area contributed by atoms with Gasteiger partial charge in [-0.3, -0.25) is 4.79 Å². The maximum atomic E-state index is 12.4. The van der Waals surface area contributed by atoms with Gasteiger partial charge in [0.1, 0.15) is 5.00 Å². The highest BCUT2D eigenvalue weighted by Gasteiger charge is 2.18. The second kappa shape index (κ2) is 10.7. The van der Waals surface area contributed by atoms with E-state index in [-0.39, 0.29) is 18.6 Å². The summed E-state index contributed by atoms with van der Waals surface area (Å²) in [6.07, 6.45) is 3.89. The Labute approximate surface area is 175 Å². The molecule has 1 heterocycles. The van der Waals surface area contributed by atoms with E-state index in [1.807, 2.05) is 32.9 Å². The van der Waals surface area contributed by atoms with E-state index >= 15 is 0 Å². The Morgan fingerprint density at radius 3 is 2.55 bits per heavy atom. The van der Waals surface area contributed by atoms with Gasteiger partial charge in [0.15, 0.2) is 11.5 Å². The monoisotopic (exact) mass is 417 g/mol. The summed E-state index contributed by atoms with van der Waals surface area (Å²) in [7, 11) is 1.57. The number of benzene rings is 1. The van der Waals surface area contributed by atoms with Crippen LogP contribution in [-0.2, 0) is 16.0 Å². The largest absolute Gasteiger partial charge is 0.493 e. The lowest BCUT2D eigenvalue weighted by molar-refractivity contribution is -0.111. The number of thiophene rings is 1. The zero-order valence-electron chi connectivity index (χ0n) is 17.4. The SMILES string of the molecule is CCOC(=O)c1cc(CC)sc1NC(=O)/C=C/c1ccc(OC(C)C)c(OC)c1. The van der Waals surface area contributed by atoms with Crippen LogP contribution in [0.15, 0.2) is 30.3 Å². The van der Waals surface area contributed by atoms with Gasteiger partial charge in [-0.25, -0.2) is 4.79 Å². The number of anilines is 1. The second-order valence-corrected chi connectivity index (χ2v) is 7.57. The van der Waals surface area contributed by atoms with E-state index in [0.717, 1.165) is 16.9 Å². The van der Waals surface area contributed by atoms with E-state index in [2.05, 4.69) is 5.32 Å². The lowest BCUT2D eigenvalue weighted by atomic mass is 10.2. The highest BCUT2D eigenvalue weighted by Crippen LogP contribution is 2.30. The van der Waals surface area contributed by atoms with E-state index < -0.39 is 5.97 Å². The predicted molar refractivity (Wildman–Crippen MR) is 116 cm³/mol. The number of carbonyl (C=O) groups is 2. The van der Waals surface area contributed by atoms with Crippen molar-refractivity contribution in [3.8, 4) is 11.5 Å². The van der Waals surface area contributed by atoms with Crippen molar-refractivity contribution in [1.29, 1.82) is 0 Å². The first-order valence-electron chi connectivity index (χ1n) is 9.51. The summed E-state index contributed by atoms with van der Waals surface area (Å²) in [6.45, 7) is 7.90. The average molecular weight is 418 g/mol. The Kier molecular flexibility index (Phi) is 8.27. The van der Waals surface area contributed by atoms with Crippen molar-refractivity contribution in [2.75, 3.05) is 19.0 Å². The lowest BCUT2D eigenvalue weighted by Crippen LogP contribution is -2.11. The summed E-state index contributed by atoms with van der Waals surface area (Å²) in [5.41, 5.74) is 1.17. The molecule has 2 rings (SSSR count). The number of ether oxygens (including phenoxy) is 3. The number of hydrogen-bond donors (Lipinski definition) is 1. The summed E-state index contributed by atoms with van der Waals surface area (Å²) in [4.78, 5) is 25.5. The first kappa shape index (κ1) is 22.5. The van der Waals surface area contributed by atoms with Gasteiger partial charge >= 0.3 is 5.97 Å². The van der Waals surface area contributed by atoms with Gasteiger partial charge in [0.2, 0.25) is 5.91 Å². The molecule has 0 spiro atoms. The molecule has 0 fully saturated rings. The minimum atomic E-state index is -0.437. The van der Waals surface area contributed by atoms with Crippen LogP contribution in [0.1, 0.15) is 48.5 Å². The van der Waals surface area contributed by atoms with E-state index in [4.69, 9.17) is 14.2 Å². The van der Waals surface area contributed by atoms with E-state index in [0.29, 0.717) is 22.1 Å². The molecule has 0 radical (unpaired) electrons. The molecule has 0 atom stereocenters. The quantitative estimate of drug-likeness (QED) is 0.462. The topological polar surface area (TPSA) is 73.9 Å². The Bertz CT molecular complexity index is 885. The maximum absolute atomic E-state index is 12.4. The molecule has 0 aliphatic heterocycles. The lowest BCUT2D eigenvalue weighted by Gasteiger charge is -2.13. The normalized spacial score (nSPS) is 11.0. The molecule has 0 aliphatic rings. The van der Waals surface area contributed by atoms with Crippen LogP contribution in [0.3, 0.4) is 0 Å². The number of aryl methyl sites for hydroxylation is 1. The summed E-state index contributed by atoms with van der Waals surface area (Å²) < 4.78 is 16.1. The van der Waals surface area contributed by atoms with Crippen molar-refractivity contribution in [3.05, 3.63) is 46.3 Å². The molecule has 1 amide bonds. The minimum Gasteiger partial charge on any atom is -0.493 e. The van der Waals surface area contributed by atoms with Crippen molar-refractivity contribution >= 4 is 34.3 Å². The fraction of sp³-hybridized carbons (Fsp3) is 0.364. The molecule has 29 heavy (non-hydrogen) atoms. The molecule has 1 aromatic carbocycles. The summed E-state index contributed by atoms with van der Waals surface area (Å²) >= 11 is 1.37. The molecule has 1 N–H and O–H groups in total. The molecular formula is C22H27NO5S. The molecule has 156 valence electrons. The Balaban J connectivity index is 2.14. The number of amides is 1. The first-order chi connectivity index (χ1) is 13.9. The van der Waals surface area contributed by atoms with Crippen molar-refractivity contribution in [3.63, 3.8) is 0 Å². The summed E-state index contributed by atoms with van der Waals surface area (Å²) in [5, 5.41) is 3.27. The first-order valence-corrected chi connectivity index (χ1v) is 10.3. The highest BCUT2D eigenvalue weighted by atomic mass is 32.1. The predicted octanol–water partition coefficient (Wildman–Crippen LogP) is 4.93. The number of hydrogen-bond acceptors (Lipinski definition) is 6. The van der Waals surface area contributed by atoms with Crippen LogP contribution in [0.2, 0.25) is 0 Å². The highest BCUT2D eigenvalue weighted by molar-refractivity contribution is 7.16. The standard InChI is InChI=1S/C22H27NO5S/c1-6-16-13-17(22(25)27-7-2)21(29-16)23-20(24)11-9-15-8-10-18(28-14(3)4)19(12-15)26-5/h8-14H,6-7H2,1-5H3,(H,23,24)/b11-9+. The van der Waals surface area contributed by atoms with Crippen molar-refractivity contribution in [1.82, 2.24) is 0 Å². The molecular weight excluding hydrogens is 390 g/mol. The number of esters is 1. The summed E-state index contributed by atoms with van der Waals surface area (Å²) in [5.74, 6) is 0.472. The van der Waals surface area contributed by atoms with Crippen LogP contribution in [0.25, 0.3) is 6.08 Å². The van der Waals surface area contributed by atoms with Crippen LogP contribution in [0.5, 0.6) is 11.5 Å². The van der Waals surface area contributed by atoms with Gasteiger partial charge in [-0.1, -0.05) is 13.0 Å². The van der Waals surface area contributed by atoms with Gasteiger partial charge in [-0.2, -0.15) is 0 Å². The van der Waals surface area contributed by atoms with Crippen molar-refractivity contribution in [2.45, 2.75) is 40.2 Å². The number of nitrogens with one attached hydrogen (secondary N) is 1. The Morgan fingerprint density at radius 2 is 1.93 bits per heavy atom. The van der Waals surface area contributed by atoms with E-state index in [1.54, 1.807) is 32.2 Å². The Morgan fingerprint density at radius 1 is 1.17 bits per heavy atom. The van der Waals surface area contributed by atoms with Gasteiger partial charge in [-0.05, 0) is 57.0 Å². The summed E-state index contributed by atoms with van der Waals surface area (Å²) in [6, 6.07) is 7.21. The third-order valence-corrected chi connectivity index (χ3v) is 5.04. The molecule has 0 aliphatic carbocycles. The fourth-order valence-corrected chi connectivity index (χ4v) is 3.52. The fourth-order valence-electron chi connectivity index (χ4n) is 2.53. The molecule has 0 bridgehead atoms. The van der Waals surface area contributed by atoms with Crippen molar-refractivity contribution < 1.29 is 23.8 Å². The van der Waals surface area contributed by atoms with Crippen LogP contribution in [0.4, 0.5) is 5.00 Å².